The summed E-state index contributed by atoms with van der Waals surface area (Å²) in [6, 6.07) is 24.8. The molecule has 0 radical (unpaired) electrons. The number of pyridine rings is 2. The van der Waals surface area contributed by atoms with Crippen LogP contribution in [0.15, 0.2) is 77.8 Å². The molecule has 22 heavy (non-hydrogen) atoms. The van der Waals surface area contributed by atoms with Crippen molar-refractivity contribution in [3.8, 4) is 0 Å². The molecule has 0 saturated carbocycles. The normalized spacial score (nSPS) is 11.1. The molecule has 0 fully saturated rings. The van der Waals surface area contributed by atoms with Crippen molar-refractivity contribution in [1.82, 2.24) is 9.97 Å². The maximum atomic E-state index is 4.70. The third kappa shape index (κ3) is 2.68. The van der Waals surface area contributed by atoms with Crippen LogP contribution in [-0.4, -0.2) is 9.97 Å². The van der Waals surface area contributed by atoms with E-state index in [0.717, 1.165) is 27.5 Å². The van der Waals surface area contributed by atoms with Crippen molar-refractivity contribution in [3.05, 3.63) is 78.5 Å². The van der Waals surface area contributed by atoms with Crippen molar-refractivity contribution >= 4 is 33.6 Å². The summed E-state index contributed by atoms with van der Waals surface area (Å²) >= 11 is 1.72. The number of hydrogen-bond donors (Lipinski definition) is 0. The highest BCUT2D eigenvalue weighted by Crippen LogP contribution is 2.23. The van der Waals surface area contributed by atoms with E-state index in [4.69, 9.17) is 4.98 Å². The average Bonchev–Trinajstić information content (AvgIpc) is 2.59. The van der Waals surface area contributed by atoms with Crippen LogP contribution in [0.2, 0.25) is 0 Å². The van der Waals surface area contributed by atoms with Gasteiger partial charge in [0.05, 0.1) is 21.8 Å². The molecule has 0 saturated heterocycles. The predicted octanol–water partition coefficient (Wildman–Crippen LogP) is 5.08. The Bertz CT molecular complexity index is 870. The predicted molar refractivity (Wildman–Crippen MR) is 93.0 cm³/mol. The van der Waals surface area contributed by atoms with Gasteiger partial charge in [0.2, 0.25) is 0 Å². The molecule has 2 heterocycles. The van der Waals surface area contributed by atoms with Crippen molar-refractivity contribution in [3.63, 3.8) is 0 Å². The molecule has 2 aromatic heterocycles. The molecule has 0 N–H and O–H groups in total. The van der Waals surface area contributed by atoms with Crippen molar-refractivity contribution in [2.75, 3.05) is 0 Å². The van der Waals surface area contributed by atoms with Gasteiger partial charge in [-0.2, -0.15) is 0 Å². The Morgan fingerprint density at radius 2 is 1.27 bits per heavy atom. The Kier molecular flexibility index (Phi) is 3.49. The van der Waals surface area contributed by atoms with Gasteiger partial charge in [-0.15, -0.1) is 11.8 Å². The summed E-state index contributed by atoms with van der Waals surface area (Å²) in [7, 11) is 0. The molecule has 4 rings (SSSR count). The molecule has 0 unspecified atom stereocenters. The molecular formula is C19H14N2S. The van der Waals surface area contributed by atoms with Crippen LogP contribution in [0, 0.1) is 0 Å². The Balaban J connectivity index is 1.57. The first kappa shape index (κ1) is 13.3. The first-order valence-corrected chi connectivity index (χ1v) is 8.20. The van der Waals surface area contributed by atoms with Gasteiger partial charge < -0.3 is 0 Å². The topological polar surface area (TPSA) is 25.8 Å². The van der Waals surface area contributed by atoms with Gasteiger partial charge in [-0.25, -0.2) is 4.98 Å². The molecule has 2 nitrogen and oxygen atoms in total. The SMILES string of the molecule is c1ccc2nc(CSc3ccc4ccccc4n3)ccc2c1. The van der Waals surface area contributed by atoms with Crippen LogP contribution < -0.4 is 0 Å². The van der Waals surface area contributed by atoms with E-state index >= 15 is 0 Å². The Hall–Kier alpha value is -2.39. The summed E-state index contributed by atoms with van der Waals surface area (Å²) in [5.74, 6) is 0.830. The van der Waals surface area contributed by atoms with Crippen molar-refractivity contribution in [1.29, 1.82) is 0 Å². The van der Waals surface area contributed by atoms with Crippen LogP contribution in [0.3, 0.4) is 0 Å². The number of rotatable bonds is 3. The van der Waals surface area contributed by atoms with Crippen LogP contribution >= 0.6 is 11.8 Å². The van der Waals surface area contributed by atoms with Crippen LogP contribution in [0.5, 0.6) is 0 Å². The number of hydrogen-bond acceptors (Lipinski definition) is 3. The lowest BCUT2D eigenvalue weighted by atomic mass is 10.2. The minimum absolute atomic E-state index is 0.830. The first-order valence-electron chi connectivity index (χ1n) is 7.22. The number of fused-ring (bicyclic) bond motifs is 2. The van der Waals surface area contributed by atoms with Gasteiger partial charge in [0.1, 0.15) is 0 Å². The number of para-hydroxylation sites is 2. The first-order chi connectivity index (χ1) is 10.9. The second kappa shape index (κ2) is 5.78. The molecule has 0 spiro atoms. The molecule has 0 aliphatic carbocycles. The van der Waals surface area contributed by atoms with Crippen LogP contribution in [-0.2, 0) is 5.75 Å². The second-order valence-corrected chi connectivity index (χ2v) is 6.12. The molecule has 3 heteroatoms. The summed E-state index contributed by atoms with van der Waals surface area (Å²) < 4.78 is 0. The Morgan fingerprint density at radius 1 is 0.636 bits per heavy atom. The average molecular weight is 302 g/mol. The number of benzene rings is 2. The molecule has 0 aliphatic heterocycles. The van der Waals surface area contributed by atoms with E-state index in [9.17, 15) is 0 Å². The fourth-order valence-electron chi connectivity index (χ4n) is 2.46. The third-order valence-electron chi connectivity index (χ3n) is 3.60. The zero-order valence-corrected chi connectivity index (χ0v) is 12.8. The molecular weight excluding hydrogens is 288 g/mol. The lowest BCUT2D eigenvalue weighted by Crippen LogP contribution is -1.89. The van der Waals surface area contributed by atoms with Gasteiger partial charge in [0.25, 0.3) is 0 Å². The fraction of sp³-hybridized carbons (Fsp3) is 0.0526. The summed E-state index contributed by atoms with van der Waals surface area (Å²) in [5.41, 5.74) is 3.17. The molecule has 0 bridgehead atoms. The van der Waals surface area contributed by atoms with E-state index in [-0.39, 0.29) is 0 Å². The Morgan fingerprint density at radius 3 is 2.05 bits per heavy atom. The van der Waals surface area contributed by atoms with Gasteiger partial charge >= 0.3 is 0 Å². The monoisotopic (exact) mass is 302 g/mol. The highest BCUT2D eigenvalue weighted by atomic mass is 32.2. The van der Waals surface area contributed by atoms with Crippen molar-refractivity contribution in [2.45, 2.75) is 10.8 Å². The third-order valence-corrected chi connectivity index (χ3v) is 4.56. The number of aromatic nitrogens is 2. The van der Waals surface area contributed by atoms with Gasteiger partial charge in [-0.05, 0) is 24.3 Å². The van der Waals surface area contributed by atoms with Gasteiger partial charge in [0.15, 0.2) is 0 Å². The summed E-state index contributed by atoms with van der Waals surface area (Å²) in [5, 5.41) is 3.39. The smallest absolute Gasteiger partial charge is 0.0971 e. The maximum absolute atomic E-state index is 4.70. The van der Waals surface area contributed by atoms with E-state index in [2.05, 4.69) is 47.4 Å². The lowest BCUT2D eigenvalue weighted by molar-refractivity contribution is 1.17. The number of thioether (sulfide) groups is 1. The highest BCUT2D eigenvalue weighted by Gasteiger charge is 2.02. The standard InChI is InChI=1S/C19H14N2S/c1-3-7-17-14(5-1)9-11-16(20-17)13-22-19-12-10-15-6-2-4-8-18(15)21-19/h1-12H,13H2. The summed E-state index contributed by atoms with van der Waals surface area (Å²) in [6.07, 6.45) is 0. The van der Waals surface area contributed by atoms with E-state index in [1.807, 2.05) is 30.3 Å². The van der Waals surface area contributed by atoms with E-state index in [1.165, 1.54) is 10.8 Å². The minimum atomic E-state index is 0.830. The summed E-state index contributed by atoms with van der Waals surface area (Å²) in [6.45, 7) is 0. The summed E-state index contributed by atoms with van der Waals surface area (Å²) in [4.78, 5) is 9.39. The molecule has 2 aromatic carbocycles. The zero-order chi connectivity index (χ0) is 14.8. The molecule has 0 atom stereocenters. The van der Waals surface area contributed by atoms with Crippen LogP contribution in [0.4, 0.5) is 0 Å². The number of nitrogens with zero attached hydrogens (tertiary/aromatic N) is 2. The largest absolute Gasteiger partial charge is 0.252 e. The minimum Gasteiger partial charge on any atom is -0.252 e. The van der Waals surface area contributed by atoms with E-state index in [1.54, 1.807) is 11.8 Å². The van der Waals surface area contributed by atoms with Gasteiger partial charge in [0, 0.05) is 16.5 Å². The lowest BCUT2D eigenvalue weighted by Gasteiger charge is -2.04. The van der Waals surface area contributed by atoms with E-state index < -0.39 is 0 Å². The van der Waals surface area contributed by atoms with Crippen molar-refractivity contribution < 1.29 is 0 Å². The Labute approximate surface area is 133 Å². The quantitative estimate of drug-likeness (QED) is 0.494. The molecule has 0 amide bonds. The van der Waals surface area contributed by atoms with E-state index in [0.29, 0.717) is 0 Å². The molecule has 106 valence electrons. The van der Waals surface area contributed by atoms with Gasteiger partial charge in [-0.1, -0.05) is 48.5 Å². The van der Waals surface area contributed by atoms with Gasteiger partial charge in [-0.3, -0.25) is 4.98 Å². The van der Waals surface area contributed by atoms with Crippen LogP contribution in [0.25, 0.3) is 21.8 Å². The maximum Gasteiger partial charge on any atom is 0.0971 e. The van der Waals surface area contributed by atoms with Crippen LogP contribution in [0.1, 0.15) is 5.69 Å². The second-order valence-electron chi connectivity index (χ2n) is 5.13. The zero-order valence-electron chi connectivity index (χ0n) is 11.9. The van der Waals surface area contributed by atoms with Crippen molar-refractivity contribution in [2.24, 2.45) is 0 Å². The highest BCUT2D eigenvalue weighted by molar-refractivity contribution is 7.98. The molecule has 0 aliphatic rings. The fourth-order valence-corrected chi connectivity index (χ4v) is 3.25. The molecule has 4 aromatic rings.